The molecule has 17 aromatic rings. The Morgan fingerprint density at radius 1 is 0.391 bits per heavy atom. The van der Waals surface area contributed by atoms with Crippen molar-refractivity contribution in [3.63, 3.8) is 0 Å². The van der Waals surface area contributed by atoms with E-state index in [2.05, 4.69) is 77.6 Å². The third kappa shape index (κ3) is 23.2. The number of hydrogen-bond acceptors (Lipinski definition) is 27. The van der Waals surface area contributed by atoms with Crippen LogP contribution in [0.3, 0.4) is 0 Å². The number of anilines is 5. The van der Waals surface area contributed by atoms with Gasteiger partial charge in [-0.25, -0.2) is 0 Å². The Balaban J connectivity index is 0.000000123. The highest BCUT2D eigenvalue weighted by atomic mass is 32.1. The third-order valence-corrected chi connectivity index (χ3v) is 21.0. The molecule has 31 nitrogen and oxygen atoms in total. The average Bonchev–Trinajstić information content (AvgIpc) is 1.43. The van der Waals surface area contributed by atoms with E-state index in [4.69, 9.17) is 44.8 Å². The second-order valence-electron chi connectivity index (χ2n) is 29.1. The minimum Gasteiger partial charge on any atom is -0.497 e. The Kier molecular flexibility index (Phi) is 28.6. The number of benzene rings is 8. The van der Waals surface area contributed by atoms with Crippen LogP contribution in [-0.2, 0) is 27.2 Å². The smallest absolute Gasteiger partial charge is 0.283 e. The maximum Gasteiger partial charge on any atom is 0.283 e. The van der Waals surface area contributed by atoms with Crippen LogP contribution in [0.1, 0.15) is 115 Å². The lowest BCUT2D eigenvalue weighted by molar-refractivity contribution is -0.125. The van der Waals surface area contributed by atoms with E-state index < -0.39 is 0 Å². The molecule has 0 bridgehead atoms. The van der Waals surface area contributed by atoms with Crippen molar-refractivity contribution in [1.82, 2.24) is 51.0 Å². The molecule has 1 aliphatic heterocycles. The van der Waals surface area contributed by atoms with Gasteiger partial charge in [-0.1, -0.05) is 97.7 Å². The molecule has 8 aromatic carbocycles. The van der Waals surface area contributed by atoms with Crippen LogP contribution in [0.2, 0.25) is 0 Å². The topological polar surface area (TPSA) is 415 Å². The number of amides is 5. The Morgan fingerprint density at radius 2 is 0.828 bits per heavy atom. The van der Waals surface area contributed by atoms with Gasteiger partial charge >= 0.3 is 0 Å². The molecule has 1 saturated carbocycles. The number of carbonyl (C=O) groups excluding carboxylic acids is 6. The summed E-state index contributed by atoms with van der Waals surface area (Å²) in [6.45, 7) is 6.45. The molecule has 9 aromatic heterocycles. The van der Waals surface area contributed by atoms with Gasteiger partial charge in [-0.05, 0) is 245 Å². The van der Waals surface area contributed by atoms with E-state index in [0.717, 1.165) is 76.1 Å². The number of nitrogens with one attached hydrogen (secondary N) is 5. The van der Waals surface area contributed by atoms with Gasteiger partial charge in [0.05, 0.1) is 32.2 Å². The molecule has 644 valence electrons. The van der Waals surface area contributed by atoms with Crippen LogP contribution >= 0.6 is 11.3 Å². The Labute approximate surface area is 735 Å². The highest BCUT2D eigenvalue weighted by molar-refractivity contribution is 7.15. The number of carbonyl (C=O) groups is 6. The largest absolute Gasteiger partial charge is 0.497 e. The second kappa shape index (κ2) is 42.2. The number of rotatable bonds is 23. The summed E-state index contributed by atoms with van der Waals surface area (Å²) in [6.07, 6.45) is 14.6. The Morgan fingerprint density at radius 3 is 1.27 bits per heavy atom. The Hall–Kier alpha value is -16.2. The summed E-state index contributed by atoms with van der Waals surface area (Å²) >= 11 is 1.35. The van der Waals surface area contributed by atoms with Gasteiger partial charge < -0.3 is 66.1 Å². The molecule has 1 saturated heterocycles. The summed E-state index contributed by atoms with van der Waals surface area (Å²) in [5, 5.41) is 55.4. The average molecular weight is 1730 g/mol. The Bertz CT molecular complexity index is 6500. The van der Waals surface area contributed by atoms with Gasteiger partial charge in [0.25, 0.3) is 53.1 Å². The summed E-state index contributed by atoms with van der Waals surface area (Å²) in [6, 6.07) is 71.9. The SMILES string of the molecule is CCc1nnc(NC(=O)c2ccc(C)c(NC(=O)c3ccccc3)c2)s1.COc1cccc(C(=O)Nc2ccc(-c3nnc(-c4ccco4)o3)cc2)c1.Cc1cccc(C(=O)Nc2ccc(-c3nnc(-c4ccco4)o3)cc2)c1.O=C(Cc1ccc(-c2nnc(-c3ccco3)o2)cc1)C1CCCCC1.O=C(Nc1ccc(-c2nnc(-c3ccco3)o2)cc1)C1CCCO1. The monoisotopic (exact) mass is 1730 g/mol. The molecule has 19 rings (SSSR count). The van der Waals surface area contributed by atoms with Gasteiger partial charge in [0, 0.05) is 86.2 Å². The highest BCUT2D eigenvalue weighted by Gasteiger charge is 2.26. The number of aryl methyl sites for hydroxylation is 3. The predicted octanol–water partition coefficient (Wildman–Crippen LogP) is 20.5. The summed E-state index contributed by atoms with van der Waals surface area (Å²) < 4.78 is 53.9. The standard InChI is InChI=1S/C20H15N3O4.C20H15N3O3.C20H20N2O3.C19H18N4O2S.C17H15N3O4/c1-25-16-5-2-4-14(12-16)18(24)21-15-9-7-13(8-10-15)19-22-23-20(27-19)17-6-3-11-26-17;1-13-4-2-5-15(12-13)18(24)21-16-9-7-14(8-10-16)19-22-23-20(26-19)17-6-3-11-25-17;23-17(15-5-2-1-3-6-15)13-14-8-10-16(11-9-14)19-21-22-20(25-19)18-7-4-12-24-18;1-3-16-22-23-19(26-16)21-18(25)14-10-9-12(2)15(11-14)20-17(24)13-7-5-4-6-8-13;21-15(13-3-1-9-22-13)18-12-7-5-11(6-8-12)16-19-20-17(24-16)14-4-2-10-23-14/h2-12H,1H3,(H,21,24);2-12H,1H3,(H,21,24);4,7-12,15H,1-3,5-6,13H2;4-11H,3H2,1-2H3,(H,20,24)(H,21,23,25);2,4-8,10,13H,1,3,9H2,(H,18,21). The number of ether oxygens (including phenoxy) is 2. The van der Waals surface area contributed by atoms with Crippen LogP contribution in [-0.4, -0.2) is 106 Å². The molecule has 1 aliphatic carbocycles. The number of ketones is 1. The van der Waals surface area contributed by atoms with Gasteiger partial charge in [-0.3, -0.25) is 34.1 Å². The zero-order valence-corrected chi connectivity index (χ0v) is 70.4. The minimum atomic E-state index is -0.350. The van der Waals surface area contributed by atoms with Crippen molar-refractivity contribution in [3.8, 4) is 98.2 Å². The van der Waals surface area contributed by atoms with Crippen molar-refractivity contribution >= 4 is 74.5 Å². The molecule has 1 unspecified atom stereocenters. The summed E-state index contributed by atoms with van der Waals surface area (Å²) in [4.78, 5) is 73.9. The van der Waals surface area contributed by atoms with E-state index in [1.165, 1.54) is 30.6 Å². The zero-order chi connectivity index (χ0) is 88.5. The maximum absolute atomic E-state index is 12.4. The molecule has 0 spiro atoms. The predicted molar refractivity (Wildman–Crippen MR) is 476 cm³/mol. The van der Waals surface area contributed by atoms with E-state index in [-0.39, 0.29) is 41.6 Å². The minimum absolute atomic E-state index is 0.113. The lowest BCUT2D eigenvalue weighted by Crippen LogP contribution is -2.26. The quantitative estimate of drug-likeness (QED) is 0.0397. The number of furan rings is 4. The summed E-state index contributed by atoms with van der Waals surface area (Å²) in [7, 11) is 1.56. The first-order valence-electron chi connectivity index (χ1n) is 40.9. The fourth-order valence-corrected chi connectivity index (χ4v) is 13.9. The molecule has 2 fully saturated rings. The van der Waals surface area contributed by atoms with Crippen LogP contribution in [0.5, 0.6) is 5.75 Å². The second-order valence-corrected chi connectivity index (χ2v) is 30.2. The molecule has 5 amide bonds. The van der Waals surface area contributed by atoms with Crippen LogP contribution < -0.4 is 31.3 Å². The van der Waals surface area contributed by atoms with Crippen molar-refractivity contribution in [2.45, 2.75) is 84.7 Å². The lowest BCUT2D eigenvalue weighted by Gasteiger charge is -2.20. The third-order valence-electron chi connectivity index (χ3n) is 20.1. The number of methoxy groups -OCH3 is 1. The van der Waals surface area contributed by atoms with E-state index in [1.807, 2.05) is 93.6 Å². The molecular weight excluding hydrogens is 1650 g/mol. The molecule has 128 heavy (non-hydrogen) atoms. The summed E-state index contributed by atoms with van der Waals surface area (Å²) in [5.41, 5.74) is 10.8. The van der Waals surface area contributed by atoms with Crippen molar-refractivity contribution in [3.05, 3.63) is 312 Å². The van der Waals surface area contributed by atoms with E-state index >= 15 is 0 Å². The number of aromatic nitrogens is 10. The van der Waals surface area contributed by atoms with Crippen LogP contribution in [0.15, 0.2) is 303 Å². The maximum atomic E-state index is 12.4. The first-order valence-corrected chi connectivity index (χ1v) is 41.7. The molecule has 32 heteroatoms. The molecule has 5 N–H and O–H groups in total. The number of Topliss-reactive ketones (excluding diaryl/α,β-unsaturated/α-hetero) is 1. The summed E-state index contributed by atoms with van der Waals surface area (Å²) in [5.74, 6) is 5.24. The fourth-order valence-electron chi connectivity index (χ4n) is 13.2. The first-order chi connectivity index (χ1) is 62.6. The lowest BCUT2D eigenvalue weighted by atomic mass is 9.84. The van der Waals surface area contributed by atoms with E-state index in [0.29, 0.717) is 145 Å². The number of nitrogens with zero attached hydrogens (tertiary/aromatic N) is 10. The van der Waals surface area contributed by atoms with Gasteiger partial charge in [0.15, 0.2) is 23.0 Å². The van der Waals surface area contributed by atoms with Crippen LogP contribution in [0.25, 0.3) is 92.4 Å². The normalized spacial score (nSPS) is 12.7. The van der Waals surface area contributed by atoms with Gasteiger partial charge in [-0.15, -0.1) is 51.0 Å². The van der Waals surface area contributed by atoms with Gasteiger partial charge in [0.1, 0.15) is 22.6 Å². The fraction of sp³-hybridized carbons (Fsp3) is 0.167. The van der Waals surface area contributed by atoms with Crippen molar-refractivity contribution in [2.75, 3.05) is 40.3 Å². The van der Waals surface area contributed by atoms with Gasteiger partial charge in [0.2, 0.25) is 28.7 Å². The van der Waals surface area contributed by atoms with E-state index in [9.17, 15) is 28.8 Å². The van der Waals surface area contributed by atoms with Crippen molar-refractivity contribution < 1.29 is 73.6 Å². The van der Waals surface area contributed by atoms with Gasteiger partial charge in [-0.2, -0.15) is 0 Å². The van der Waals surface area contributed by atoms with Crippen molar-refractivity contribution in [2.24, 2.45) is 5.92 Å². The molecule has 0 radical (unpaired) electrons. The van der Waals surface area contributed by atoms with Crippen LogP contribution in [0, 0.1) is 19.8 Å². The molecule has 1 atom stereocenters. The van der Waals surface area contributed by atoms with Crippen LogP contribution in [0.4, 0.5) is 27.9 Å². The van der Waals surface area contributed by atoms with Crippen molar-refractivity contribution in [1.29, 1.82) is 0 Å². The molecular formula is C96H83N15O16S. The molecule has 10 heterocycles. The highest BCUT2D eigenvalue weighted by Crippen LogP contribution is 2.33. The molecule has 2 aliphatic rings. The zero-order valence-electron chi connectivity index (χ0n) is 69.5. The number of hydrogen-bond donors (Lipinski definition) is 5. The first kappa shape index (κ1) is 86.7. The van der Waals surface area contributed by atoms with E-state index in [1.54, 1.807) is 202 Å².